The summed E-state index contributed by atoms with van der Waals surface area (Å²) in [6.45, 7) is 12.0. The summed E-state index contributed by atoms with van der Waals surface area (Å²) < 4.78 is 29.0. The maximum atomic E-state index is 12.8. The first-order chi connectivity index (χ1) is 13.9. The number of carbonyl (C=O) groups excluding carboxylic acids is 1. The molecule has 3 unspecified atom stereocenters. The molecule has 5 rings (SSSR count). The lowest BCUT2D eigenvalue weighted by molar-refractivity contribution is -0.506. The van der Waals surface area contributed by atoms with Gasteiger partial charge in [0.25, 0.3) is 9.70 Å². The second-order valence-corrected chi connectivity index (χ2v) is 17.7. The van der Waals surface area contributed by atoms with Crippen LogP contribution in [-0.4, -0.2) is 71.9 Å². The van der Waals surface area contributed by atoms with E-state index in [1.165, 1.54) is 7.11 Å². The van der Waals surface area contributed by atoms with Gasteiger partial charge in [0.15, 0.2) is 20.7 Å². The van der Waals surface area contributed by atoms with Crippen LogP contribution in [0, 0.1) is 5.92 Å². The van der Waals surface area contributed by atoms with E-state index < -0.39 is 65.7 Å². The summed E-state index contributed by atoms with van der Waals surface area (Å²) in [5.74, 6) is -2.99. The molecule has 178 valence electrons. The highest BCUT2D eigenvalue weighted by atomic mass is 35.6. The molecule has 1 aliphatic carbocycles. The zero-order valence-corrected chi connectivity index (χ0v) is 21.9. The van der Waals surface area contributed by atoms with Crippen LogP contribution in [0.5, 0.6) is 0 Å². The Morgan fingerprint density at radius 2 is 1.84 bits per heavy atom. The van der Waals surface area contributed by atoms with Crippen LogP contribution in [0.2, 0.25) is 18.1 Å². The van der Waals surface area contributed by atoms with Crippen molar-refractivity contribution < 1.29 is 33.3 Å². The molecule has 1 amide bonds. The Hall–Kier alpha value is 0.317. The zero-order valence-electron chi connectivity index (χ0n) is 18.6. The minimum Gasteiger partial charge on any atom is -0.385 e. The highest BCUT2D eigenvalue weighted by molar-refractivity contribution is 6.76. The fraction of sp³-hybridized carbons (Fsp3) is 0.947. The van der Waals surface area contributed by atoms with Crippen molar-refractivity contribution in [3.05, 3.63) is 0 Å². The molecule has 0 spiro atoms. The molecule has 5 aliphatic rings. The largest absolute Gasteiger partial charge is 0.385 e. The van der Waals surface area contributed by atoms with Gasteiger partial charge in [-0.15, -0.1) is 0 Å². The number of hydrogen-bond acceptors (Lipinski definition) is 7. The third-order valence-electron chi connectivity index (χ3n) is 7.66. The average Bonchev–Trinajstić information content (AvgIpc) is 2.82. The van der Waals surface area contributed by atoms with Gasteiger partial charge in [-0.25, -0.2) is 0 Å². The minimum absolute atomic E-state index is 0.168. The molecule has 31 heavy (non-hydrogen) atoms. The van der Waals surface area contributed by atoms with Crippen LogP contribution in [-0.2, 0) is 28.2 Å². The van der Waals surface area contributed by atoms with Gasteiger partial charge >= 0.3 is 5.97 Å². The number of halogens is 3. The molecule has 8 nitrogen and oxygen atoms in total. The smallest absolute Gasteiger partial charge is 0.304 e. The summed E-state index contributed by atoms with van der Waals surface area (Å²) in [5, 5.41) is 14.0. The predicted molar refractivity (Wildman–Crippen MR) is 116 cm³/mol. The Kier molecular flexibility index (Phi) is 5.46. The van der Waals surface area contributed by atoms with E-state index in [1.807, 2.05) is 0 Å². The molecule has 4 aliphatic heterocycles. The number of amides is 1. The Morgan fingerprint density at radius 3 is 2.35 bits per heavy atom. The van der Waals surface area contributed by atoms with Gasteiger partial charge in [0.05, 0.1) is 17.6 Å². The fourth-order valence-electron chi connectivity index (χ4n) is 5.05. The molecule has 4 saturated heterocycles. The number of alkyl halides is 3. The van der Waals surface area contributed by atoms with Gasteiger partial charge in [0.2, 0.25) is 0 Å². The van der Waals surface area contributed by atoms with Crippen LogP contribution in [0.1, 0.15) is 34.1 Å². The highest BCUT2D eigenvalue weighted by Gasteiger charge is 2.83. The van der Waals surface area contributed by atoms with E-state index in [0.29, 0.717) is 0 Å². The third-order valence-corrected chi connectivity index (χ3v) is 12.6. The van der Waals surface area contributed by atoms with Gasteiger partial charge in [-0.2, -0.15) is 0 Å². The summed E-state index contributed by atoms with van der Waals surface area (Å²) in [4.78, 5) is 12.8. The van der Waals surface area contributed by atoms with Gasteiger partial charge < -0.3 is 33.8 Å². The Labute approximate surface area is 198 Å². The molecular formula is C19H30Cl3NO7Si. The Morgan fingerprint density at radius 1 is 1.23 bits per heavy atom. The average molecular weight is 519 g/mol. The molecule has 0 aromatic carbocycles. The van der Waals surface area contributed by atoms with Gasteiger partial charge in [0, 0.05) is 13.5 Å². The molecular weight excluding hydrogens is 489 g/mol. The van der Waals surface area contributed by atoms with E-state index in [1.54, 1.807) is 6.92 Å². The Balaban J connectivity index is 1.84. The second-order valence-electron chi connectivity index (χ2n) is 10.7. The van der Waals surface area contributed by atoms with Crippen molar-refractivity contribution in [2.75, 3.05) is 7.11 Å². The lowest BCUT2D eigenvalue weighted by Crippen LogP contribution is -2.87. The molecule has 2 N–H and O–H groups in total. The van der Waals surface area contributed by atoms with E-state index in [0.717, 1.165) is 0 Å². The number of nitrogens with one attached hydrogen (secondary N) is 1. The van der Waals surface area contributed by atoms with Crippen LogP contribution in [0.4, 0.5) is 0 Å². The van der Waals surface area contributed by atoms with Crippen molar-refractivity contribution in [2.45, 2.75) is 97.8 Å². The maximum absolute atomic E-state index is 12.8. The molecule has 0 aromatic rings. The first-order valence-corrected chi connectivity index (χ1v) is 14.3. The van der Waals surface area contributed by atoms with Crippen molar-refractivity contribution in [3.8, 4) is 0 Å². The SMILES string of the molecule is CO[C@@H]1O[C@@H]2[C@]3(O[Si](C)(C)C(C)(C)C)OC4C[C@@]2(NC(=O)C(Cl)(Cl)Cl)C1C(O3)[C@]4(C)O. The number of rotatable bonds is 4. The predicted octanol–water partition coefficient (Wildman–Crippen LogP) is 2.83. The summed E-state index contributed by atoms with van der Waals surface area (Å²) in [6.07, 6.45) is -2.94. The summed E-state index contributed by atoms with van der Waals surface area (Å²) in [6, 6.07) is 0. The number of methoxy groups -OCH3 is 1. The van der Waals surface area contributed by atoms with Crippen molar-refractivity contribution in [3.63, 3.8) is 0 Å². The van der Waals surface area contributed by atoms with E-state index in [9.17, 15) is 9.90 Å². The molecule has 0 aromatic heterocycles. The fourth-order valence-corrected chi connectivity index (χ4v) is 6.41. The normalized spacial score (nSPS) is 46.5. The topological polar surface area (TPSA) is 95.5 Å². The van der Waals surface area contributed by atoms with Crippen LogP contribution < -0.4 is 5.32 Å². The third kappa shape index (κ3) is 3.34. The maximum Gasteiger partial charge on any atom is 0.304 e. The molecule has 12 heteroatoms. The van der Waals surface area contributed by atoms with E-state index in [2.05, 4.69) is 39.2 Å². The zero-order chi connectivity index (χ0) is 23.4. The van der Waals surface area contributed by atoms with E-state index >= 15 is 0 Å². The van der Waals surface area contributed by atoms with Crippen LogP contribution in [0.25, 0.3) is 0 Å². The van der Waals surface area contributed by atoms with Gasteiger partial charge in [-0.05, 0) is 25.1 Å². The molecule has 4 heterocycles. The van der Waals surface area contributed by atoms with Crippen molar-refractivity contribution in [1.82, 2.24) is 5.32 Å². The van der Waals surface area contributed by atoms with Gasteiger partial charge in [-0.1, -0.05) is 55.6 Å². The van der Waals surface area contributed by atoms with E-state index in [4.69, 9.17) is 58.2 Å². The first-order valence-electron chi connectivity index (χ1n) is 10.3. The Bertz CT molecular complexity index is 785. The number of carbonyl (C=O) groups is 1. The monoisotopic (exact) mass is 517 g/mol. The highest BCUT2D eigenvalue weighted by Crippen LogP contribution is 2.64. The minimum atomic E-state index is -2.46. The molecule has 6 bridgehead atoms. The van der Waals surface area contributed by atoms with Crippen LogP contribution in [0.15, 0.2) is 0 Å². The molecule has 1 saturated carbocycles. The van der Waals surface area contributed by atoms with Crippen molar-refractivity contribution in [2.24, 2.45) is 5.92 Å². The summed E-state index contributed by atoms with van der Waals surface area (Å²) in [7, 11) is -0.968. The van der Waals surface area contributed by atoms with Gasteiger partial charge in [-0.3, -0.25) is 4.79 Å². The number of aliphatic hydroxyl groups is 1. The summed E-state index contributed by atoms with van der Waals surface area (Å²) >= 11 is 17.6. The van der Waals surface area contributed by atoms with Crippen LogP contribution in [0.3, 0.4) is 0 Å². The van der Waals surface area contributed by atoms with Crippen molar-refractivity contribution in [1.29, 1.82) is 0 Å². The summed E-state index contributed by atoms with van der Waals surface area (Å²) in [5.41, 5.74) is -2.44. The standard InChI is InChI=1S/C19H30Cl3NO7Si/c1-15(2,3)31(6,7)30-19-13-17(23-14(24)18(20,21)22)8-9(28-19)16(4,25)11(29-19)10(17)12(26-5)27-13/h9-13,25H,8H2,1-7H3,(H,23,24)/t9?,10?,11?,12-,13+,16-,17-,19+/m1/s1. The quantitative estimate of drug-likeness (QED) is 0.436. The van der Waals surface area contributed by atoms with Gasteiger partial charge in [0.1, 0.15) is 11.7 Å². The molecule has 0 radical (unpaired) electrons. The lowest BCUT2D eigenvalue weighted by Gasteiger charge is -2.68. The number of hydrogen-bond donors (Lipinski definition) is 2. The second kappa shape index (κ2) is 6.93. The van der Waals surface area contributed by atoms with Crippen molar-refractivity contribution >= 4 is 49.0 Å². The van der Waals surface area contributed by atoms with Crippen LogP contribution >= 0.6 is 34.8 Å². The molecule has 5 fully saturated rings. The van der Waals surface area contributed by atoms with E-state index in [-0.39, 0.29) is 11.5 Å². The molecule has 8 atom stereocenters. The lowest BCUT2D eigenvalue weighted by atomic mass is 9.59. The first kappa shape index (κ1) is 24.4. The number of ether oxygens (including phenoxy) is 4.